The fraction of sp³-hybridized carbons (Fsp3) is 0.462. The quantitative estimate of drug-likeness (QED) is 0.837. The van der Waals surface area contributed by atoms with E-state index in [0.29, 0.717) is 12.1 Å². The normalized spacial score (nSPS) is 10.6. The molecule has 5 nitrogen and oxygen atoms in total. The van der Waals surface area contributed by atoms with Crippen LogP contribution >= 0.6 is 11.6 Å². The van der Waals surface area contributed by atoms with Crippen LogP contribution in [0.25, 0.3) is 0 Å². The van der Waals surface area contributed by atoms with Gasteiger partial charge in [0.15, 0.2) is 0 Å². The zero-order valence-electron chi connectivity index (χ0n) is 11.3. The smallest absolute Gasteiger partial charge is 0.254 e. The lowest BCUT2D eigenvalue weighted by molar-refractivity contribution is -0.118. The van der Waals surface area contributed by atoms with Gasteiger partial charge in [-0.05, 0) is 25.0 Å². The first kappa shape index (κ1) is 15.4. The molecular formula is C13H18ClN3O2. The Labute approximate surface area is 117 Å². The summed E-state index contributed by atoms with van der Waals surface area (Å²) in [5.41, 5.74) is 6.29. The molecule has 0 radical (unpaired) electrons. The monoisotopic (exact) mass is 283 g/mol. The van der Waals surface area contributed by atoms with Crippen LogP contribution in [0.2, 0.25) is 5.15 Å². The van der Waals surface area contributed by atoms with Crippen molar-refractivity contribution in [2.24, 2.45) is 5.73 Å². The largest absolute Gasteiger partial charge is 0.368 e. The molecule has 19 heavy (non-hydrogen) atoms. The lowest BCUT2D eigenvalue weighted by Gasteiger charge is -2.19. The van der Waals surface area contributed by atoms with Gasteiger partial charge in [0.05, 0.1) is 6.54 Å². The molecule has 0 aliphatic carbocycles. The Morgan fingerprint density at radius 3 is 2.53 bits per heavy atom. The predicted molar refractivity (Wildman–Crippen MR) is 74.1 cm³/mol. The molecule has 6 heteroatoms. The predicted octanol–water partition coefficient (Wildman–Crippen LogP) is 1.81. The van der Waals surface area contributed by atoms with Gasteiger partial charge in [0.25, 0.3) is 5.91 Å². The third kappa shape index (κ3) is 4.21. The van der Waals surface area contributed by atoms with E-state index in [2.05, 4.69) is 4.98 Å². The van der Waals surface area contributed by atoms with Gasteiger partial charge in [-0.25, -0.2) is 4.98 Å². The van der Waals surface area contributed by atoms with E-state index in [1.54, 1.807) is 13.0 Å². The molecule has 1 aromatic rings. The van der Waals surface area contributed by atoms with Gasteiger partial charge < -0.3 is 10.6 Å². The lowest BCUT2D eigenvalue weighted by atomic mass is 10.1. The summed E-state index contributed by atoms with van der Waals surface area (Å²) in [6, 6.07) is 3.20. The minimum absolute atomic E-state index is 0.105. The summed E-state index contributed by atoms with van der Waals surface area (Å²) in [7, 11) is 0. The highest BCUT2D eigenvalue weighted by molar-refractivity contribution is 6.29. The minimum atomic E-state index is -0.542. The van der Waals surface area contributed by atoms with Crippen LogP contribution < -0.4 is 5.73 Å². The van der Waals surface area contributed by atoms with Gasteiger partial charge in [0.1, 0.15) is 5.15 Å². The molecule has 1 heterocycles. The van der Waals surface area contributed by atoms with E-state index in [1.165, 1.54) is 11.0 Å². The molecule has 2 amide bonds. The number of primary amides is 1. The van der Waals surface area contributed by atoms with E-state index in [4.69, 9.17) is 17.3 Å². The molecule has 1 rings (SSSR count). The van der Waals surface area contributed by atoms with E-state index >= 15 is 0 Å². The van der Waals surface area contributed by atoms with Crippen LogP contribution in [0.1, 0.15) is 42.7 Å². The fourth-order valence-electron chi connectivity index (χ4n) is 1.63. The molecule has 2 N–H and O–H groups in total. The Hall–Kier alpha value is -1.62. The molecular weight excluding hydrogens is 266 g/mol. The molecule has 0 spiro atoms. The number of hydrogen-bond donors (Lipinski definition) is 1. The first-order valence-corrected chi connectivity index (χ1v) is 6.48. The Morgan fingerprint density at radius 1 is 1.42 bits per heavy atom. The number of carbonyl (C=O) groups is 2. The third-order valence-electron chi connectivity index (χ3n) is 2.67. The van der Waals surface area contributed by atoms with E-state index in [1.807, 2.05) is 13.8 Å². The summed E-state index contributed by atoms with van der Waals surface area (Å²) in [4.78, 5) is 28.7. The number of pyridine rings is 1. The highest BCUT2D eigenvalue weighted by Gasteiger charge is 2.18. The van der Waals surface area contributed by atoms with E-state index in [9.17, 15) is 9.59 Å². The Morgan fingerprint density at radius 2 is 2.05 bits per heavy atom. The van der Waals surface area contributed by atoms with E-state index in [-0.39, 0.29) is 23.5 Å². The number of nitrogens with two attached hydrogens (primary N) is 1. The van der Waals surface area contributed by atoms with Gasteiger partial charge in [-0.15, -0.1) is 0 Å². The second-order valence-corrected chi connectivity index (χ2v) is 4.93. The zero-order valence-corrected chi connectivity index (χ0v) is 12.1. The molecule has 0 aromatic carbocycles. The van der Waals surface area contributed by atoms with Crippen LogP contribution in [0.3, 0.4) is 0 Å². The molecule has 0 atom stereocenters. The molecule has 0 aliphatic heterocycles. The van der Waals surface area contributed by atoms with E-state index in [0.717, 1.165) is 5.69 Å². The van der Waals surface area contributed by atoms with Gasteiger partial charge in [-0.1, -0.05) is 25.4 Å². The average molecular weight is 284 g/mol. The molecule has 1 aromatic heterocycles. The van der Waals surface area contributed by atoms with Crippen molar-refractivity contribution in [2.45, 2.75) is 26.7 Å². The van der Waals surface area contributed by atoms with Crippen molar-refractivity contribution < 1.29 is 9.59 Å². The van der Waals surface area contributed by atoms with Crippen LogP contribution in [0.4, 0.5) is 0 Å². The summed E-state index contributed by atoms with van der Waals surface area (Å²) in [6.45, 7) is 6.01. The van der Waals surface area contributed by atoms with Crippen molar-refractivity contribution in [3.63, 3.8) is 0 Å². The molecule has 104 valence electrons. The third-order valence-corrected chi connectivity index (χ3v) is 2.86. The number of likely N-dealkylation sites (N-methyl/N-ethyl adjacent to an activating group) is 1. The molecule has 0 unspecified atom stereocenters. The highest BCUT2D eigenvalue weighted by atomic mass is 35.5. The van der Waals surface area contributed by atoms with Gasteiger partial charge in [0.2, 0.25) is 5.91 Å². The molecule has 0 aliphatic rings. The Balaban J connectivity index is 3.07. The minimum Gasteiger partial charge on any atom is -0.368 e. The van der Waals surface area contributed by atoms with Crippen molar-refractivity contribution >= 4 is 23.4 Å². The number of aromatic nitrogens is 1. The average Bonchev–Trinajstić information content (AvgIpc) is 2.34. The van der Waals surface area contributed by atoms with Crippen molar-refractivity contribution in [3.05, 3.63) is 28.5 Å². The van der Waals surface area contributed by atoms with Gasteiger partial charge in [0, 0.05) is 17.8 Å². The summed E-state index contributed by atoms with van der Waals surface area (Å²) >= 11 is 5.92. The lowest BCUT2D eigenvalue weighted by Crippen LogP contribution is -2.38. The number of nitrogens with zero attached hydrogens (tertiary/aromatic N) is 2. The topological polar surface area (TPSA) is 76.3 Å². The van der Waals surface area contributed by atoms with Crippen LogP contribution in [-0.2, 0) is 4.79 Å². The van der Waals surface area contributed by atoms with E-state index < -0.39 is 5.91 Å². The molecule has 0 saturated carbocycles. The maximum absolute atomic E-state index is 12.3. The Bertz CT molecular complexity index is 489. The molecule has 0 saturated heterocycles. The first-order valence-electron chi connectivity index (χ1n) is 6.10. The van der Waals surface area contributed by atoms with Gasteiger partial charge in [-0.2, -0.15) is 0 Å². The number of halogens is 1. The van der Waals surface area contributed by atoms with Crippen molar-refractivity contribution in [3.8, 4) is 0 Å². The van der Waals surface area contributed by atoms with Crippen molar-refractivity contribution in [2.75, 3.05) is 13.1 Å². The van der Waals surface area contributed by atoms with Crippen LogP contribution in [0, 0.1) is 0 Å². The standard InChI is InChI=1S/C13H18ClN3O2/c1-4-17(7-12(15)18)13(19)9-5-10(8(2)3)16-11(14)6-9/h5-6,8H,4,7H2,1-3H3,(H2,15,18). The van der Waals surface area contributed by atoms with Crippen LogP contribution in [-0.4, -0.2) is 34.8 Å². The Kier molecular flexibility index (Phi) is 5.30. The zero-order chi connectivity index (χ0) is 14.6. The summed E-state index contributed by atoms with van der Waals surface area (Å²) in [6.07, 6.45) is 0. The number of amides is 2. The maximum atomic E-state index is 12.3. The molecule has 0 bridgehead atoms. The second-order valence-electron chi connectivity index (χ2n) is 4.54. The number of rotatable bonds is 5. The number of hydrogen-bond acceptors (Lipinski definition) is 3. The van der Waals surface area contributed by atoms with Crippen LogP contribution in [0.5, 0.6) is 0 Å². The SMILES string of the molecule is CCN(CC(N)=O)C(=O)c1cc(Cl)nc(C(C)C)c1. The van der Waals surface area contributed by atoms with Crippen molar-refractivity contribution in [1.82, 2.24) is 9.88 Å². The molecule has 0 fully saturated rings. The maximum Gasteiger partial charge on any atom is 0.254 e. The summed E-state index contributed by atoms with van der Waals surface area (Å²) < 4.78 is 0. The van der Waals surface area contributed by atoms with Gasteiger partial charge >= 0.3 is 0 Å². The fourth-order valence-corrected chi connectivity index (χ4v) is 1.85. The van der Waals surface area contributed by atoms with Gasteiger partial charge in [-0.3, -0.25) is 9.59 Å². The van der Waals surface area contributed by atoms with Crippen LogP contribution in [0.15, 0.2) is 12.1 Å². The second kappa shape index (κ2) is 6.52. The highest BCUT2D eigenvalue weighted by Crippen LogP contribution is 2.18. The first-order chi connectivity index (χ1) is 8.85. The number of carbonyl (C=O) groups excluding carboxylic acids is 2. The summed E-state index contributed by atoms with van der Waals surface area (Å²) in [5.74, 6) is -0.650. The van der Waals surface area contributed by atoms with Crippen molar-refractivity contribution in [1.29, 1.82) is 0 Å². The summed E-state index contributed by atoms with van der Waals surface area (Å²) in [5, 5.41) is 0.268.